The number of hydrogen-bond acceptors (Lipinski definition) is 0. The van der Waals surface area contributed by atoms with Crippen molar-refractivity contribution in [1.29, 1.82) is 0 Å². The minimum atomic E-state index is 0. The Labute approximate surface area is 53.9 Å². The summed E-state index contributed by atoms with van der Waals surface area (Å²) >= 11 is 0. The van der Waals surface area contributed by atoms with Crippen molar-refractivity contribution in [2.45, 2.75) is 6.92 Å². The number of hydrogen-bond donors (Lipinski definition) is 0. The molecule has 0 unspecified atom stereocenters. The maximum atomic E-state index is 4.50. The van der Waals surface area contributed by atoms with Gasteiger partial charge in [0.2, 0.25) is 0 Å². The van der Waals surface area contributed by atoms with Gasteiger partial charge in [0.1, 0.15) is 0 Å². The summed E-state index contributed by atoms with van der Waals surface area (Å²) in [5.74, 6) is 0. The van der Waals surface area contributed by atoms with Crippen molar-refractivity contribution in [2.24, 2.45) is 0 Å². The van der Waals surface area contributed by atoms with E-state index >= 15 is 0 Å². The van der Waals surface area contributed by atoms with Crippen LogP contribution in [0.1, 0.15) is 6.92 Å². The van der Waals surface area contributed by atoms with Crippen molar-refractivity contribution in [3.8, 4) is 0 Å². The molecule has 0 aliphatic heterocycles. The summed E-state index contributed by atoms with van der Waals surface area (Å²) < 4.78 is 0. The van der Waals surface area contributed by atoms with Gasteiger partial charge in [-0.3, -0.25) is 0 Å². The summed E-state index contributed by atoms with van der Waals surface area (Å²) in [5.41, 5.74) is 0. The minimum Gasteiger partial charge on any atom is -0.498 e. The van der Waals surface area contributed by atoms with Crippen molar-refractivity contribution in [2.75, 3.05) is 0 Å². The first-order chi connectivity index (χ1) is 1.00. The monoisotopic (exact) mass is 132 g/mol. The molecule has 1 heteroatoms. The molecule has 0 saturated carbocycles. The van der Waals surface area contributed by atoms with E-state index in [0.29, 0.717) is 0 Å². The van der Waals surface area contributed by atoms with Gasteiger partial charge < -0.3 is 14.4 Å². The second kappa shape index (κ2) is 32.4. The molecular formula is C3H7Y-2. The maximum Gasteiger partial charge on any atom is 0 e. The second-order valence-electron chi connectivity index (χ2n) is 0. The van der Waals surface area contributed by atoms with Crippen LogP contribution in [0.3, 0.4) is 0 Å². The van der Waals surface area contributed by atoms with Crippen molar-refractivity contribution in [3.63, 3.8) is 0 Å². The zero-order valence-corrected chi connectivity index (χ0v) is 5.99. The smallest absolute Gasteiger partial charge is 0 e. The molecule has 0 nitrogen and oxygen atoms in total. The third-order valence-electron chi connectivity index (χ3n) is 0. The Balaban J connectivity index is -0.00000000500. The first kappa shape index (κ1) is 19.4. The Hall–Kier alpha value is 1.10. The topological polar surface area (TPSA) is 0 Å². The molecule has 0 aromatic carbocycles. The summed E-state index contributed by atoms with van der Waals surface area (Å²) in [5, 5.41) is 0. The molecule has 0 rings (SSSR count). The molecule has 0 atom stereocenters. The standard InChI is InChI=1S/C2H4.CH3.Y/c1-2;;/h1H,2H3;1H3;/q2*-1;. The molecular weight excluding hydrogens is 125 g/mol. The van der Waals surface area contributed by atoms with E-state index in [2.05, 4.69) is 6.92 Å². The third kappa shape index (κ3) is 11.3. The average Bonchev–Trinajstić information content (AvgIpc) is 1.00. The average molecular weight is 132 g/mol. The van der Waals surface area contributed by atoms with E-state index in [9.17, 15) is 0 Å². The summed E-state index contributed by atoms with van der Waals surface area (Å²) in [7, 11) is 0. The SMILES string of the molecule is [CH-]C.[CH3-].[Y]. The fraction of sp³-hybridized carbons (Fsp3) is 0.333. The van der Waals surface area contributed by atoms with Crippen LogP contribution in [0.5, 0.6) is 0 Å². The van der Waals surface area contributed by atoms with Crippen LogP contribution in [0.15, 0.2) is 0 Å². The third-order valence-corrected chi connectivity index (χ3v) is 0. The van der Waals surface area contributed by atoms with Gasteiger partial charge in [-0.25, -0.2) is 6.92 Å². The van der Waals surface area contributed by atoms with E-state index in [1.165, 1.54) is 6.92 Å². The zero-order chi connectivity index (χ0) is 2.00. The van der Waals surface area contributed by atoms with Gasteiger partial charge in [0.15, 0.2) is 0 Å². The summed E-state index contributed by atoms with van der Waals surface area (Å²) in [4.78, 5) is 0. The number of rotatable bonds is 0. The van der Waals surface area contributed by atoms with Crippen LogP contribution < -0.4 is 0 Å². The molecule has 0 N–H and O–H groups in total. The van der Waals surface area contributed by atoms with Crippen molar-refractivity contribution >= 4 is 0 Å². The molecule has 24 valence electrons. The molecule has 0 aliphatic rings. The van der Waals surface area contributed by atoms with Crippen LogP contribution in [0.4, 0.5) is 0 Å². The van der Waals surface area contributed by atoms with E-state index < -0.39 is 0 Å². The Morgan fingerprint density at radius 2 is 1.25 bits per heavy atom. The van der Waals surface area contributed by atoms with Crippen LogP contribution >= 0.6 is 0 Å². The molecule has 0 aromatic heterocycles. The van der Waals surface area contributed by atoms with Crippen molar-refractivity contribution < 1.29 is 32.7 Å². The quantitative estimate of drug-likeness (QED) is 0.434. The fourth-order valence-corrected chi connectivity index (χ4v) is 0. The summed E-state index contributed by atoms with van der Waals surface area (Å²) in [6, 6.07) is 0. The second-order valence-corrected chi connectivity index (χ2v) is 0. The maximum absolute atomic E-state index is 4.50. The predicted octanol–water partition coefficient (Wildman–Crippen LogP) is 1.17. The Bertz CT molecular complexity index is 3.25. The Morgan fingerprint density at radius 1 is 1.25 bits per heavy atom. The predicted molar refractivity (Wildman–Crippen MR) is 16.4 cm³/mol. The van der Waals surface area contributed by atoms with Gasteiger partial charge >= 0.3 is 0 Å². The molecule has 4 heavy (non-hydrogen) atoms. The largest absolute Gasteiger partial charge is 0.498 e. The molecule has 0 aromatic rings. The van der Waals surface area contributed by atoms with Crippen molar-refractivity contribution in [3.05, 3.63) is 14.4 Å². The van der Waals surface area contributed by atoms with E-state index in [0.717, 1.165) is 0 Å². The summed E-state index contributed by atoms with van der Waals surface area (Å²) in [6.07, 6.45) is 0. The molecule has 0 amide bonds. The first-order valence-corrected chi connectivity index (χ1v) is 0.577. The van der Waals surface area contributed by atoms with Crippen LogP contribution in [-0.4, -0.2) is 0 Å². The normalized spacial score (nSPS) is 1.50. The van der Waals surface area contributed by atoms with Gasteiger partial charge in [0.05, 0.1) is 0 Å². The molecule has 2 radical (unpaired) electrons. The van der Waals surface area contributed by atoms with Gasteiger partial charge in [-0.05, 0) is 0 Å². The van der Waals surface area contributed by atoms with Gasteiger partial charge in [0.25, 0.3) is 0 Å². The summed E-state index contributed by atoms with van der Waals surface area (Å²) in [6.45, 7) is 6.00. The van der Waals surface area contributed by atoms with Crippen LogP contribution in [-0.2, 0) is 32.7 Å². The van der Waals surface area contributed by atoms with Gasteiger partial charge in [0, 0.05) is 32.7 Å². The fourth-order valence-electron chi connectivity index (χ4n) is 0. The van der Waals surface area contributed by atoms with Gasteiger partial charge in [-0.15, -0.1) is 0 Å². The first-order valence-electron chi connectivity index (χ1n) is 0.577. The van der Waals surface area contributed by atoms with E-state index in [1.54, 1.807) is 0 Å². The Kier molecular flexibility index (Phi) is 158. The van der Waals surface area contributed by atoms with Gasteiger partial charge in [-0.2, -0.15) is 0 Å². The van der Waals surface area contributed by atoms with Crippen LogP contribution in [0, 0.1) is 14.4 Å². The van der Waals surface area contributed by atoms with E-state index in [-0.39, 0.29) is 40.1 Å². The molecule has 0 fully saturated rings. The molecule has 0 heterocycles. The van der Waals surface area contributed by atoms with E-state index in [1.807, 2.05) is 0 Å². The Morgan fingerprint density at radius 3 is 1.25 bits per heavy atom. The van der Waals surface area contributed by atoms with Crippen LogP contribution in [0.25, 0.3) is 0 Å². The van der Waals surface area contributed by atoms with Crippen molar-refractivity contribution in [1.82, 2.24) is 0 Å². The van der Waals surface area contributed by atoms with Crippen LogP contribution in [0.2, 0.25) is 0 Å². The van der Waals surface area contributed by atoms with Gasteiger partial charge in [-0.1, -0.05) is 0 Å². The van der Waals surface area contributed by atoms with E-state index in [4.69, 9.17) is 0 Å². The molecule has 0 bridgehead atoms. The molecule has 0 spiro atoms. The minimum absolute atomic E-state index is 0. The zero-order valence-electron chi connectivity index (χ0n) is 3.15. The molecule has 0 saturated heterocycles. The molecule has 0 aliphatic carbocycles.